The van der Waals surface area contributed by atoms with Gasteiger partial charge in [0.1, 0.15) is 0 Å². The molecule has 0 N–H and O–H groups in total. The van der Waals surface area contributed by atoms with Crippen LogP contribution >= 0.6 is 50.7 Å². The predicted molar refractivity (Wildman–Crippen MR) is 57.3 cm³/mol. The van der Waals surface area contributed by atoms with E-state index in [1.165, 1.54) is 19.3 Å². The number of hydrogen-bond acceptors (Lipinski definition) is 0. The van der Waals surface area contributed by atoms with Gasteiger partial charge in [-0.25, -0.2) is 0 Å². The molecule has 0 heterocycles. The summed E-state index contributed by atoms with van der Waals surface area (Å²) >= 11 is 21.4. The molecular formula is C8H10BrCl3. The lowest BCUT2D eigenvalue weighted by Crippen LogP contribution is -2.56. The van der Waals surface area contributed by atoms with Gasteiger partial charge in [0.05, 0.1) is 0 Å². The second kappa shape index (κ2) is 3.18. The van der Waals surface area contributed by atoms with E-state index in [1.54, 1.807) is 0 Å². The van der Waals surface area contributed by atoms with Gasteiger partial charge in [0.25, 0.3) is 0 Å². The van der Waals surface area contributed by atoms with Crippen molar-refractivity contribution in [3.05, 3.63) is 0 Å². The first-order valence-electron chi connectivity index (χ1n) is 4.22. The molecule has 0 aliphatic heterocycles. The molecule has 3 aliphatic rings. The quantitative estimate of drug-likeness (QED) is 0.588. The van der Waals surface area contributed by atoms with E-state index in [0.717, 1.165) is 0 Å². The zero-order valence-corrected chi connectivity index (χ0v) is 10.3. The van der Waals surface area contributed by atoms with Crippen molar-refractivity contribution in [3.8, 4) is 0 Å². The lowest BCUT2D eigenvalue weighted by atomic mass is 9.57. The molecule has 0 spiro atoms. The first kappa shape index (κ1) is 9.89. The van der Waals surface area contributed by atoms with Crippen molar-refractivity contribution in [1.29, 1.82) is 0 Å². The average Bonchev–Trinajstić information content (AvgIpc) is 2.01. The Morgan fingerprint density at radius 3 is 1.83 bits per heavy atom. The molecule has 12 heavy (non-hydrogen) atoms. The minimum Gasteiger partial charge on any atom is -0.0884 e. The summed E-state index contributed by atoms with van der Waals surface area (Å²) in [7, 11) is 0. The summed E-state index contributed by atoms with van der Waals surface area (Å²) in [5.41, 5.74) is 0. The number of rotatable bonds is 0. The van der Waals surface area contributed by atoms with Gasteiger partial charge in [-0.3, -0.25) is 0 Å². The largest absolute Gasteiger partial charge is 0.194 e. The smallest absolute Gasteiger partial charge is 0.0884 e. The molecule has 0 amide bonds. The van der Waals surface area contributed by atoms with Crippen LogP contribution in [0, 0.1) is 17.8 Å². The molecule has 0 aromatic heterocycles. The Kier molecular flexibility index (Phi) is 2.62. The van der Waals surface area contributed by atoms with Gasteiger partial charge in [-0.2, -0.15) is 0 Å². The van der Waals surface area contributed by atoms with Crippen LogP contribution < -0.4 is 0 Å². The minimum absolute atomic E-state index is 0.292. The van der Waals surface area contributed by atoms with Crippen molar-refractivity contribution < 1.29 is 0 Å². The highest BCUT2D eigenvalue weighted by atomic mass is 79.9. The van der Waals surface area contributed by atoms with Crippen LogP contribution in [0.3, 0.4) is 0 Å². The third-order valence-electron chi connectivity index (χ3n) is 3.19. The van der Waals surface area contributed by atoms with Crippen molar-refractivity contribution in [2.45, 2.75) is 27.9 Å². The number of fused-ring (bicyclic) bond motifs is 2. The summed E-state index contributed by atoms with van der Waals surface area (Å²) in [4.78, 5) is 0.604. The topological polar surface area (TPSA) is 0 Å². The van der Waals surface area contributed by atoms with Crippen molar-refractivity contribution in [2.24, 2.45) is 17.8 Å². The van der Waals surface area contributed by atoms with E-state index in [9.17, 15) is 0 Å². The summed E-state index contributed by atoms with van der Waals surface area (Å²) in [6, 6.07) is 0. The maximum absolute atomic E-state index is 5.91. The van der Waals surface area contributed by atoms with Gasteiger partial charge in [-0.05, 0) is 24.7 Å². The SMILES string of the molecule is ClC(Cl)(Cl)C1[C@@H]2CCC[C@@H]1C2Br. The van der Waals surface area contributed by atoms with Crippen LogP contribution in [0.25, 0.3) is 0 Å². The van der Waals surface area contributed by atoms with Crippen LogP contribution in [0.15, 0.2) is 0 Å². The lowest BCUT2D eigenvalue weighted by molar-refractivity contribution is 0.0321. The highest BCUT2D eigenvalue weighted by Crippen LogP contribution is 2.61. The van der Waals surface area contributed by atoms with Gasteiger partial charge in [0, 0.05) is 10.7 Å². The summed E-state index contributed by atoms with van der Waals surface area (Å²) in [5, 5.41) is 0. The lowest BCUT2D eigenvalue weighted by Gasteiger charge is -2.56. The Hall–Kier alpha value is 1.35. The molecule has 2 atom stereocenters. The van der Waals surface area contributed by atoms with Crippen LogP contribution in [0.2, 0.25) is 0 Å². The van der Waals surface area contributed by atoms with E-state index in [-0.39, 0.29) is 0 Å². The van der Waals surface area contributed by atoms with Gasteiger partial charge in [-0.1, -0.05) is 57.2 Å². The molecule has 2 bridgehead atoms. The van der Waals surface area contributed by atoms with E-state index in [0.29, 0.717) is 22.6 Å². The van der Waals surface area contributed by atoms with Crippen LogP contribution in [-0.4, -0.2) is 8.62 Å². The molecular weight excluding hydrogens is 282 g/mol. The molecule has 0 aromatic carbocycles. The zero-order chi connectivity index (χ0) is 8.93. The molecule has 3 fully saturated rings. The molecule has 0 unspecified atom stereocenters. The molecule has 0 aromatic rings. The fourth-order valence-electron chi connectivity index (χ4n) is 2.64. The summed E-state index contributed by atoms with van der Waals surface area (Å²) in [6.45, 7) is 0. The Balaban J connectivity index is 2.12. The Morgan fingerprint density at radius 2 is 1.58 bits per heavy atom. The molecule has 0 radical (unpaired) electrons. The van der Waals surface area contributed by atoms with E-state index in [2.05, 4.69) is 15.9 Å². The van der Waals surface area contributed by atoms with E-state index in [4.69, 9.17) is 34.8 Å². The zero-order valence-electron chi connectivity index (χ0n) is 6.44. The van der Waals surface area contributed by atoms with Crippen LogP contribution in [-0.2, 0) is 0 Å². The number of alkyl halides is 4. The monoisotopic (exact) mass is 290 g/mol. The second-order valence-corrected chi connectivity index (χ2v) is 7.20. The highest BCUT2D eigenvalue weighted by Gasteiger charge is 2.58. The van der Waals surface area contributed by atoms with Crippen LogP contribution in [0.4, 0.5) is 0 Å². The Bertz CT molecular complexity index is 177. The first-order chi connectivity index (χ1) is 5.52. The molecule has 0 saturated heterocycles. The van der Waals surface area contributed by atoms with Crippen LogP contribution in [0.1, 0.15) is 19.3 Å². The van der Waals surface area contributed by atoms with Gasteiger partial charge >= 0.3 is 0 Å². The molecule has 4 heteroatoms. The second-order valence-electron chi connectivity index (χ2n) is 3.77. The summed E-state index contributed by atoms with van der Waals surface area (Å²) in [6.07, 6.45) is 3.73. The van der Waals surface area contributed by atoms with Crippen LogP contribution in [0.5, 0.6) is 0 Å². The normalized spacial score (nSPS) is 47.0. The van der Waals surface area contributed by atoms with Crippen molar-refractivity contribution >= 4 is 50.7 Å². The van der Waals surface area contributed by atoms with Gasteiger partial charge in [0.2, 0.25) is 0 Å². The van der Waals surface area contributed by atoms with Crippen molar-refractivity contribution in [3.63, 3.8) is 0 Å². The Morgan fingerprint density at radius 1 is 1.08 bits per heavy atom. The third kappa shape index (κ3) is 1.41. The fourth-order valence-corrected chi connectivity index (χ4v) is 4.80. The fraction of sp³-hybridized carbons (Fsp3) is 1.00. The van der Waals surface area contributed by atoms with Gasteiger partial charge in [-0.15, -0.1) is 0 Å². The third-order valence-corrected chi connectivity index (χ3v) is 5.31. The maximum Gasteiger partial charge on any atom is 0.194 e. The number of halogens is 4. The standard InChI is InChI=1S/C8H10BrCl3/c9-7-4-2-1-3-5(7)6(4)8(10,11)12/h4-7H,1-3H2/t4-,5-,6?,7?/m0/s1. The van der Waals surface area contributed by atoms with E-state index >= 15 is 0 Å². The molecule has 3 aliphatic carbocycles. The number of hydrogen-bond donors (Lipinski definition) is 0. The molecule has 70 valence electrons. The van der Waals surface area contributed by atoms with E-state index < -0.39 is 3.79 Å². The van der Waals surface area contributed by atoms with Crippen molar-refractivity contribution in [1.82, 2.24) is 0 Å². The minimum atomic E-state index is -1.04. The first-order valence-corrected chi connectivity index (χ1v) is 6.27. The highest BCUT2D eigenvalue weighted by molar-refractivity contribution is 9.09. The average molecular weight is 292 g/mol. The molecule has 3 saturated carbocycles. The Labute approximate surface area is 96.1 Å². The maximum atomic E-state index is 5.91. The summed E-state index contributed by atoms with van der Waals surface area (Å²) in [5.74, 6) is 1.48. The summed E-state index contributed by atoms with van der Waals surface area (Å²) < 4.78 is -1.04. The predicted octanol–water partition coefficient (Wildman–Crippen LogP) is 4.17. The molecule has 3 rings (SSSR count). The molecule has 0 nitrogen and oxygen atoms in total. The van der Waals surface area contributed by atoms with Gasteiger partial charge in [0.15, 0.2) is 3.79 Å². The van der Waals surface area contributed by atoms with E-state index in [1.807, 2.05) is 0 Å². The van der Waals surface area contributed by atoms with Gasteiger partial charge < -0.3 is 0 Å². The van der Waals surface area contributed by atoms with Crippen molar-refractivity contribution in [2.75, 3.05) is 0 Å².